The maximum Gasteiger partial charge on any atom is 0.150 e. The quantitative estimate of drug-likeness (QED) is 0.865. The second-order valence-electron chi connectivity index (χ2n) is 4.46. The van der Waals surface area contributed by atoms with Crippen LogP contribution in [-0.2, 0) is 9.84 Å². The van der Waals surface area contributed by atoms with Crippen LogP contribution < -0.4 is 5.73 Å². The van der Waals surface area contributed by atoms with Gasteiger partial charge in [-0.3, -0.25) is 0 Å². The third kappa shape index (κ3) is 4.07. The summed E-state index contributed by atoms with van der Waals surface area (Å²) in [7, 11) is -2.96. The molecule has 0 aliphatic heterocycles. The number of sulfone groups is 1. The van der Waals surface area contributed by atoms with Gasteiger partial charge in [0.1, 0.15) is 15.7 Å². The lowest BCUT2D eigenvalue weighted by atomic mass is 10.0. The summed E-state index contributed by atoms with van der Waals surface area (Å²) in [5, 5.41) is 0. The predicted molar refractivity (Wildman–Crippen MR) is 71.6 cm³/mol. The van der Waals surface area contributed by atoms with Crippen molar-refractivity contribution in [3.8, 4) is 0 Å². The van der Waals surface area contributed by atoms with Crippen LogP contribution in [0.3, 0.4) is 0 Å². The molecule has 1 unspecified atom stereocenters. The minimum absolute atomic E-state index is 0.116. The number of halogens is 1. The first-order chi connectivity index (χ1) is 8.37. The van der Waals surface area contributed by atoms with Gasteiger partial charge < -0.3 is 5.73 Å². The minimum Gasteiger partial charge on any atom is -0.324 e. The molecule has 1 atom stereocenters. The summed E-state index contributed by atoms with van der Waals surface area (Å²) in [5.41, 5.74) is 6.92. The molecule has 0 amide bonds. The molecule has 0 aliphatic carbocycles. The highest BCUT2D eigenvalue weighted by molar-refractivity contribution is 7.91. The van der Waals surface area contributed by atoms with Crippen molar-refractivity contribution in [3.05, 3.63) is 35.1 Å². The summed E-state index contributed by atoms with van der Waals surface area (Å²) >= 11 is 0. The van der Waals surface area contributed by atoms with Crippen LogP contribution in [0, 0.1) is 12.7 Å². The Balaban J connectivity index is 2.61. The van der Waals surface area contributed by atoms with Crippen molar-refractivity contribution < 1.29 is 12.8 Å². The maximum atomic E-state index is 13.8. The van der Waals surface area contributed by atoms with Gasteiger partial charge in [-0.25, -0.2) is 12.8 Å². The third-order valence-electron chi connectivity index (χ3n) is 3.03. The molecule has 1 aromatic carbocycles. The van der Waals surface area contributed by atoms with E-state index in [2.05, 4.69) is 0 Å². The lowest BCUT2D eigenvalue weighted by molar-refractivity contribution is 0.550. The number of rotatable bonds is 6. The van der Waals surface area contributed by atoms with Gasteiger partial charge >= 0.3 is 0 Å². The Bertz CT molecular complexity index is 500. The predicted octanol–water partition coefficient (Wildman–Crippen LogP) is 2.35. The molecular formula is C13H20FNO2S. The Hall–Kier alpha value is -0.940. The van der Waals surface area contributed by atoms with Gasteiger partial charge in [-0.15, -0.1) is 0 Å². The first-order valence-corrected chi connectivity index (χ1v) is 7.90. The molecule has 0 radical (unpaired) electrons. The molecule has 1 rings (SSSR count). The molecule has 18 heavy (non-hydrogen) atoms. The van der Waals surface area contributed by atoms with E-state index < -0.39 is 15.9 Å². The van der Waals surface area contributed by atoms with Crippen molar-refractivity contribution in [3.63, 3.8) is 0 Å². The van der Waals surface area contributed by atoms with Gasteiger partial charge in [-0.2, -0.15) is 0 Å². The van der Waals surface area contributed by atoms with E-state index in [9.17, 15) is 12.8 Å². The third-order valence-corrected chi connectivity index (χ3v) is 4.82. The van der Waals surface area contributed by atoms with Gasteiger partial charge in [0.25, 0.3) is 0 Å². The van der Waals surface area contributed by atoms with Crippen molar-refractivity contribution >= 4 is 9.84 Å². The van der Waals surface area contributed by atoms with E-state index >= 15 is 0 Å². The summed E-state index contributed by atoms with van der Waals surface area (Å²) in [6, 6.07) is 4.65. The second-order valence-corrected chi connectivity index (χ2v) is 6.94. The van der Waals surface area contributed by atoms with E-state index in [1.54, 1.807) is 32.0 Å². The standard InChI is InChI=1S/C13H20FNO2S/c1-3-18(16,17)9-5-8-12(15)11-7-4-6-10(2)13(11)14/h4,6-7,12H,3,5,8-9,15H2,1-2H3. The Morgan fingerprint density at radius 1 is 1.39 bits per heavy atom. The first-order valence-electron chi connectivity index (χ1n) is 6.08. The van der Waals surface area contributed by atoms with Crippen molar-refractivity contribution in [1.82, 2.24) is 0 Å². The minimum atomic E-state index is -2.96. The average molecular weight is 273 g/mol. The van der Waals surface area contributed by atoms with E-state index in [1.165, 1.54) is 0 Å². The van der Waals surface area contributed by atoms with Gasteiger partial charge in [-0.05, 0) is 25.3 Å². The molecule has 2 N–H and O–H groups in total. The Morgan fingerprint density at radius 3 is 2.67 bits per heavy atom. The number of hydrogen-bond acceptors (Lipinski definition) is 3. The van der Waals surface area contributed by atoms with Gasteiger partial charge in [-0.1, -0.05) is 25.1 Å². The largest absolute Gasteiger partial charge is 0.324 e. The van der Waals surface area contributed by atoms with Crippen molar-refractivity contribution in [1.29, 1.82) is 0 Å². The normalized spacial score (nSPS) is 13.6. The van der Waals surface area contributed by atoms with E-state index in [4.69, 9.17) is 5.73 Å². The zero-order valence-electron chi connectivity index (χ0n) is 10.8. The van der Waals surface area contributed by atoms with Gasteiger partial charge in [0.05, 0.1) is 5.75 Å². The van der Waals surface area contributed by atoms with Crippen molar-refractivity contribution in [2.24, 2.45) is 5.73 Å². The second kappa shape index (κ2) is 6.29. The molecule has 0 saturated heterocycles. The fraction of sp³-hybridized carbons (Fsp3) is 0.538. The monoisotopic (exact) mass is 273 g/mol. The zero-order chi connectivity index (χ0) is 13.8. The summed E-state index contributed by atoms with van der Waals surface area (Å²) in [4.78, 5) is 0. The number of hydrogen-bond donors (Lipinski definition) is 1. The fourth-order valence-electron chi connectivity index (χ4n) is 1.78. The Morgan fingerprint density at radius 2 is 2.06 bits per heavy atom. The van der Waals surface area contributed by atoms with E-state index in [0.29, 0.717) is 24.0 Å². The van der Waals surface area contributed by atoms with Crippen molar-refractivity contribution in [2.75, 3.05) is 11.5 Å². The van der Waals surface area contributed by atoms with Crippen LogP contribution in [0.5, 0.6) is 0 Å². The summed E-state index contributed by atoms with van der Waals surface area (Å²) in [5.74, 6) is -0.0329. The molecule has 3 nitrogen and oxygen atoms in total. The van der Waals surface area contributed by atoms with Crippen LogP contribution >= 0.6 is 0 Å². The molecule has 0 aromatic heterocycles. The van der Waals surface area contributed by atoms with Crippen LogP contribution in [0.25, 0.3) is 0 Å². The van der Waals surface area contributed by atoms with E-state index in [1.807, 2.05) is 0 Å². The fourth-order valence-corrected chi connectivity index (χ4v) is 2.67. The molecule has 0 spiro atoms. The molecule has 0 aliphatic rings. The molecule has 0 heterocycles. The Kier molecular flexibility index (Phi) is 5.28. The van der Waals surface area contributed by atoms with Crippen LogP contribution in [0.15, 0.2) is 18.2 Å². The highest BCUT2D eigenvalue weighted by Gasteiger charge is 2.14. The SMILES string of the molecule is CCS(=O)(=O)CCCC(N)c1cccc(C)c1F. The van der Waals surface area contributed by atoms with E-state index in [-0.39, 0.29) is 17.3 Å². The number of aryl methyl sites for hydroxylation is 1. The molecule has 102 valence electrons. The van der Waals surface area contributed by atoms with Crippen LogP contribution in [-0.4, -0.2) is 19.9 Å². The zero-order valence-corrected chi connectivity index (χ0v) is 11.6. The summed E-state index contributed by atoms with van der Waals surface area (Å²) in [6.07, 6.45) is 0.935. The average Bonchev–Trinajstić information content (AvgIpc) is 2.32. The molecule has 0 fully saturated rings. The molecule has 5 heteroatoms. The summed E-state index contributed by atoms with van der Waals surface area (Å²) in [6.45, 7) is 3.31. The molecule has 0 bridgehead atoms. The van der Waals surface area contributed by atoms with Gasteiger partial charge in [0, 0.05) is 17.4 Å². The highest BCUT2D eigenvalue weighted by Crippen LogP contribution is 2.21. The maximum absolute atomic E-state index is 13.8. The van der Waals surface area contributed by atoms with Crippen LogP contribution in [0.1, 0.15) is 36.9 Å². The molecular weight excluding hydrogens is 253 g/mol. The van der Waals surface area contributed by atoms with E-state index in [0.717, 1.165) is 0 Å². The van der Waals surface area contributed by atoms with Gasteiger partial charge in [0.15, 0.2) is 0 Å². The summed E-state index contributed by atoms with van der Waals surface area (Å²) < 4.78 is 36.4. The lowest BCUT2D eigenvalue weighted by Gasteiger charge is -2.13. The van der Waals surface area contributed by atoms with Crippen LogP contribution in [0.4, 0.5) is 4.39 Å². The van der Waals surface area contributed by atoms with Gasteiger partial charge in [0.2, 0.25) is 0 Å². The lowest BCUT2D eigenvalue weighted by Crippen LogP contribution is -2.15. The molecule has 0 saturated carbocycles. The van der Waals surface area contributed by atoms with Crippen molar-refractivity contribution in [2.45, 2.75) is 32.7 Å². The Labute approximate surface area is 108 Å². The van der Waals surface area contributed by atoms with Crippen LogP contribution in [0.2, 0.25) is 0 Å². The smallest absolute Gasteiger partial charge is 0.150 e. The number of benzene rings is 1. The molecule has 1 aromatic rings. The highest BCUT2D eigenvalue weighted by atomic mass is 32.2. The first kappa shape index (κ1) is 15.1. The number of nitrogens with two attached hydrogens (primary N) is 1. The topological polar surface area (TPSA) is 60.2 Å².